The molecule has 116 valence electrons. The summed E-state index contributed by atoms with van der Waals surface area (Å²) in [6.07, 6.45) is 0. The summed E-state index contributed by atoms with van der Waals surface area (Å²) in [7, 11) is 1.90. The Labute approximate surface area is 140 Å². The minimum atomic E-state index is -0.0677. The van der Waals surface area contributed by atoms with Gasteiger partial charge < -0.3 is 5.32 Å². The Morgan fingerprint density at radius 1 is 1.14 bits per heavy atom. The SMILES string of the molecule is Cc1c(Cl)cccc1NC(=O)CN(C)Cc1ccc(Cl)cc1. The van der Waals surface area contributed by atoms with Crippen molar-refractivity contribution in [2.24, 2.45) is 0 Å². The number of likely N-dealkylation sites (N-methyl/N-ethyl adjacent to an activating group) is 1. The molecule has 0 saturated carbocycles. The normalized spacial score (nSPS) is 10.8. The van der Waals surface area contributed by atoms with Crippen molar-refractivity contribution in [3.63, 3.8) is 0 Å². The van der Waals surface area contributed by atoms with Gasteiger partial charge in [0.05, 0.1) is 6.54 Å². The van der Waals surface area contributed by atoms with E-state index < -0.39 is 0 Å². The number of hydrogen-bond donors (Lipinski definition) is 1. The second-order valence-electron chi connectivity index (χ2n) is 5.26. The van der Waals surface area contributed by atoms with Crippen LogP contribution in [0.3, 0.4) is 0 Å². The molecule has 0 unspecified atom stereocenters. The van der Waals surface area contributed by atoms with Crippen LogP contribution in [0.25, 0.3) is 0 Å². The highest BCUT2D eigenvalue weighted by molar-refractivity contribution is 6.31. The van der Waals surface area contributed by atoms with E-state index in [2.05, 4.69) is 5.32 Å². The minimum absolute atomic E-state index is 0.0677. The Morgan fingerprint density at radius 2 is 1.82 bits per heavy atom. The lowest BCUT2D eigenvalue weighted by Crippen LogP contribution is -2.30. The van der Waals surface area contributed by atoms with Gasteiger partial charge in [0.2, 0.25) is 5.91 Å². The Bertz CT molecular complexity index is 656. The maximum absolute atomic E-state index is 12.1. The molecule has 2 aromatic carbocycles. The quantitative estimate of drug-likeness (QED) is 0.879. The molecule has 0 aliphatic rings. The van der Waals surface area contributed by atoms with Gasteiger partial charge in [0.25, 0.3) is 0 Å². The van der Waals surface area contributed by atoms with Crippen molar-refractivity contribution in [3.05, 3.63) is 63.6 Å². The van der Waals surface area contributed by atoms with Crippen molar-refractivity contribution >= 4 is 34.8 Å². The van der Waals surface area contributed by atoms with E-state index in [9.17, 15) is 4.79 Å². The molecular formula is C17H18Cl2N2O. The standard InChI is InChI=1S/C17H18Cl2N2O/c1-12-15(19)4-3-5-16(12)20-17(22)11-21(2)10-13-6-8-14(18)9-7-13/h3-9H,10-11H2,1-2H3,(H,20,22). The van der Waals surface area contributed by atoms with Crippen molar-refractivity contribution in [2.45, 2.75) is 13.5 Å². The van der Waals surface area contributed by atoms with Crippen molar-refractivity contribution in [2.75, 3.05) is 18.9 Å². The Kier molecular flexibility index (Phi) is 5.83. The van der Waals surface area contributed by atoms with Crippen LogP contribution in [0.15, 0.2) is 42.5 Å². The summed E-state index contributed by atoms with van der Waals surface area (Å²) in [4.78, 5) is 14.1. The number of hydrogen-bond acceptors (Lipinski definition) is 2. The van der Waals surface area contributed by atoms with E-state index >= 15 is 0 Å². The molecule has 0 radical (unpaired) electrons. The lowest BCUT2D eigenvalue weighted by atomic mass is 10.2. The lowest BCUT2D eigenvalue weighted by Gasteiger charge is -2.17. The van der Waals surface area contributed by atoms with E-state index in [1.165, 1.54) is 0 Å². The third-order valence-electron chi connectivity index (χ3n) is 3.32. The summed E-state index contributed by atoms with van der Waals surface area (Å²) in [6.45, 7) is 2.86. The summed E-state index contributed by atoms with van der Waals surface area (Å²) < 4.78 is 0. The molecule has 0 bridgehead atoms. The first kappa shape index (κ1) is 16.8. The molecule has 0 aliphatic heterocycles. The number of amides is 1. The van der Waals surface area contributed by atoms with Crippen LogP contribution in [-0.4, -0.2) is 24.4 Å². The molecule has 0 spiro atoms. The number of benzene rings is 2. The zero-order valence-electron chi connectivity index (χ0n) is 12.6. The topological polar surface area (TPSA) is 32.3 Å². The van der Waals surface area contributed by atoms with Gasteiger partial charge in [-0.25, -0.2) is 0 Å². The van der Waals surface area contributed by atoms with Gasteiger partial charge >= 0.3 is 0 Å². The molecule has 0 aromatic heterocycles. The van der Waals surface area contributed by atoms with E-state index in [1.54, 1.807) is 6.07 Å². The fourth-order valence-electron chi connectivity index (χ4n) is 2.14. The Morgan fingerprint density at radius 3 is 2.50 bits per heavy atom. The summed E-state index contributed by atoms with van der Waals surface area (Å²) in [5.74, 6) is -0.0677. The first-order valence-electron chi connectivity index (χ1n) is 6.93. The maximum atomic E-state index is 12.1. The van der Waals surface area contributed by atoms with Crippen molar-refractivity contribution in [1.29, 1.82) is 0 Å². The molecule has 22 heavy (non-hydrogen) atoms. The van der Waals surface area contributed by atoms with Gasteiger partial charge in [0, 0.05) is 22.3 Å². The van der Waals surface area contributed by atoms with Gasteiger partial charge in [-0.05, 0) is 49.4 Å². The number of anilines is 1. The highest BCUT2D eigenvalue weighted by Crippen LogP contribution is 2.22. The second-order valence-corrected chi connectivity index (χ2v) is 6.10. The van der Waals surface area contributed by atoms with Crippen LogP contribution in [0.2, 0.25) is 10.0 Å². The lowest BCUT2D eigenvalue weighted by molar-refractivity contribution is -0.117. The first-order valence-corrected chi connectivity index (χ1v) is 7.69. The first-order chi connectivity index (χ1) is 10.5. The predicted molar refractivity (Wildman–Crippen MR) is 92.6 cm³/mol. The van der Waals surface area contributed by atoms with Gasteiger partial charge in [-0.1, -0.05) is 41.4 Å². The molecule has 5 heteroatoms. The molecule has 0 saturated heterocycles. The van der Waals surface area contributed by atoms with E-state index in [0.29, 0.717) is 23.1 Å². The summed E-state index contributed by atoms with van der Waals surface area (Å²) in [5.41, 5.74) is 2.73. The molecule has 2 aromatic rings. The molecule has 0 fully saturated rings. The second kappa shape index (κ2) is 7.63. The highest BCUT2D eigenvalue weighted by Gasteiger charge is 2.10. The summed E-state index contributed by atoms with van der Waals surface area (Å²) in [6, 6.07) is 13.1. The monoisotopic (exact) mass is 336 g/mol. The number of nitrogens with zero attached hydrogens (tertiary/aromatic N) is 1. The van der Waals surface area contributed by atoms with Crippen LogP contribution < -0.4 is 5.32 Å². The van der Waals surface area contributed by atoms with E-state index in [-0.39, 0.29) is 5.91 Å². The van der Waals surface area contributed by atoms with Crippen molar-refractivity contribution < 1.29 is 4.79 Å². The maximum Gasteiger partial charge on any atom is 0.238 e. The molecule has 1 N–H and O–H groups in total. The number of halogens is 2. The molecular weight excluding hydrogens is 319 g/mol. The van der Waals surface area contributed by atoms with Gasteiger partial charge in [-0.15, -0.1) is 0 Å². The predicted octanol–water partition coefficient (Wildman–Crippen LogP) is 4.37. The van der Waals surface area contributed by atoms with E-state index in [1.807, 2.05) is 55.3 Å². The molecule has 0 atom stereocenters. The average Bonchev–Trinajstić information content (AvgIpc) is 2.46. The molecule has 1 amide bonds. The van der Waals surface area contributed by atoms with Gasteiger partial charge in [0.1, 0.15) is 0 Å². The largest absolute Gasteiger partial charge is 0.325 e. The third-order valence-corrected chi connectivity index (χ3v) is 3.98. The molecule has 3 nitrogen and oxygen atoms in total. The molecule has 0 aliphatic carbocycles. The van der Waals surface area contributed by atoms with E-state index in [0.717, 1.165) is 16.8 Å². The number of nitrogens with one attached hydrogen (secondary N) is 1. The average molecular weight is 337 g/mol. The zero-order valence-corrected chi connectivity index (χ0v) is 14.1. The van der Waals surface area contributed by atoms with Gasteiger partial charge in [-0.2, -0.15) is 0 Å². The minimum Gasteiger partial charge on any atom is -0.325 e. The highest BCUT2D eigenvalue weighted by atomic mass is 35.5. The van der Waals surface area contributed by atoms with Crippen LogP contribution in [0.5, 0.6) is 0 Å². The van der Waals surface area contributed by atoms with Crippen molar-refractivity contribution in [3.8, 4) is 0 Å². The molecule has 0 heterocycles. The smallest absolute Gasteiger partial charge is 0.238 e. The zero-order chi connectivity index (χ0) is 16.1. The summed E-state index contributed by atoms with van der Waals surface area (Å²) in [5, 5.41) is 4.25. The number of carbonyl (C=O) groups excluding carboxylic acids is 1. The van der Waals surface area contributed by atoms with Crippen LogP contribution in [-0.2, 0) is 11.3 Å². The van der Waals surface area contributed by atoms with Gasteiger partial charge in [-0.3, -0.25) is 9.69 Å². The van der Waals surface area contributed by atoms with Crippen LogP contribution >= 0.6 is 23.2 Å². The number of carbonyl (C=O) groups is 1. The molecule has 2 rings (SSSR count). The van der Waals surface area contributed by atoms with Gasteiger partial charge in [0.15, 0.2) is 0 Å². The van der Waals surface area contributed by atoms with Crippen LogP contribution in [0.4, 0.5) is 5.69 Å². The third kappa shape index (κ3) is 4.73. The fourth-order valence-corrected chi connectivity index (χ4v) is 2.44. The Hall–Kier alpha value is -1.55. The summed E-state index contributed by atoms with van der Waals surface area (Å²) >= 11 is 11.9. The van der Waals surface area contributed by atoms with E-state index in [4.69, 9.17) is 23.2 Å². The van der Waals surface area contributed by atoms with Crippen LogP contribution in [0, 0.1) is 6.92 Å². The number of rotatable bonds is 5. The van der Waals surface area contributed by atoms with Crippen molar-refractivity contribution in [1.82, 2.24) is 4.90 Å². The fraction of sp³-hybridized carbons (Fsp3) is 0.235. The van der Waals surface area contributed by atoms with Crippen LogP contribution in [0.1, 0.15) is 11.1 Å². The Balaban J connectivity index is 1.91.